The molecule has 42 valence electrons. The van der Waals surface area contributed by atoms with Crippen LogP contribution in [0.3, 0.4) is 0 Å². The zero-order valence-corrected chi connectivity index (χ0v) is 4.98. The van der Waals surface area contributed by atoms with E-state index in [-0.39, 0.29) is 0 Å². The maximum atomic E-state index is 8.29. The third-order valence-electron chi connectivity index (χ3n) is 1.01. The molecule has 0 heterocycles. The van der Waals surface area contributed by atoms with Crippen molar-refractivity contribution in [3.05, 3.63) is 0 Å². The van der Waals surface area contributed by atoms with Crippen molar-refractivity contribution in [3.8, 4) is 0 Å². The first kappa shape index (κ1) is 7.02. The van der Waals surface area contributed by atoms with Gasteiger partial charge in [-0.2, -0.15) is 0 Å². The summed E-state index contributed by atoms with van der Waals surface area (Å²) in [4.78, 5) is 0. The quantitative estimate of drug-likeness (QED) is 0.406. The van der Waals surface area contributed by atoms with Gasteiger partial charge in [0.25, 0.3) is 0 Å². The summed E-state index contributed by atoms with van der Waals surface area (Å²) in [6.07, 6.45) is 3.43. The Morgan fingerprint density at radius 1 is 1.43 bits per heavy atom. The largest absolute Gasteiger partial charge is 0.396 e. The lowest BCUT2D eigenvalue weighted by Crippen LogP contribution is -1.84. The summed E-state index contributed by atoms with van der Waals surface area (Å²) in [5.74, 6) is 0. The Balaban J connectivity index is 2.45. The molecular formula is C5H13BO. The molecule has 0 bridgehead atoms. The molecule has 0 unspecified atom stereocenters. The molecule has 1 N–H and O–H groups in total. The van der Waals surface area contributed by atoms with Gasteiger partial charge in [0, 0.05) is 6.61 Å². The van der Waals surface area contributed by atoms with Crippen molar-refractivity contribution in [2.45, 2.75) is 26.0 Å². The van der Waals surface area contributed by atoms with E-state index in [0.717, 1.165) is 6.42 Å². The van der Waals surface area contributed by atoms with E-state index in [9.17, 15) is 0 Å². The molecule has 0 atom stereocenters. The predicted octanol–water partition coefficient (Wildman–Crippen LogP) is 0.662. The van der Waals surface area contributed by atoms with E-state index in [1.165, 1.54) is 20.0 Å². The minimum atomic E-state index is 0.361. The molecule has 0 rings (SSSR count). The molecule has 0 saturated carbocycles. The Bertz CT molecular complexity index is 27.3. The number of rotatable bonds is 4. The molecular weight excluding hydrogens is 86.9 g/mol. The van der Waals surface area contributed by atoms with Gasteiger partial charge in [0.05, 0.1) is 0 Å². The summed E-state index contributed by atoms with van der Waals surface area (Å²) in [6, 6.07) is 0. The first-order valence-electron chi connectivity index (χ1n) is 3.02. The second kappa shape index (κ2) is 6.02. The zero-order chi connectivity index (χ0) is 5.54. The van der Waals surface area contributed by atoms with E-state index in [1.807, 2.05) is 0 Å². The lowest BCUT2D eigenvalue weighted by Gasteiger charge is -1.89. The van der Waals surface area contributed by atoms with Crippen LogP contribution in [0.4, 0.5) is 0 Å². The molecule has 0 aliphatic heterocycles. The molecule has 0 aromatic rings. The van der Waals surface area contributed by atoms with Crippen LogP contribution in [0.15, 0.2) is 0 Å². The van der Waals surface area contributed by atoms with Crippen molar-refractivity contribution in [2.75, 3.05) is 6.61 Å². The minimum Gasteiger partial charge on any atom is -0.396 e. The van der Waals surface area contributed by atoms with Crippen LogP contribution >= 0.6 is 0 Å². The Morgan fingerprint density at radius 3 is 2.57 bits per heavy atom. The highest BCUT2D eigenvalue weighted by molar-refractivity contribution is 6.33. The minimum absolute atomic E-state index is 0.361. The summed E-state index contributed by atoms with van der Waals surface area (Å²) >= 11 is 0. The monoisotopic (exact) mass is 100 g/mol. The van der Waals surface area contributed by atoms with Crippen molar-refractivity contribution >= 4 is 7.28 Å². The van der Waals surface area contributed by atoms with E-state index >= 15 is 0 Å². The highest BCUT2D eigenvalue weighted by Gasteiger charge is 1.82. The first-order chi connectivity index (χ1) is 3.41. The molecule has 0 fully saturated rings. The van der Waals surface area contributed by atoms with Crippen LogP contribution in [0.25, 0.3) is 0 Å². The highest BCUT2D eigenvalue weighted by atomic mass is 16.2. The first-order valence-corrected chi connectivity index (χ1v) is 3.02. The predicted molar refractivity (Wildman–Crippen MR) is 34.1 cm³/mol. The number of hydrogen-bond acceptors (Lipinski definition) is 1. The van der Waals surface area contributed by atoms with Gasteiger partial charge in [-0.3, -0.25) is 0 Å². The normalized spacial score (nSPS) is 8.86. The fraction of sp³-hybridized carbons (Fsp3) is 1.00. The molecule has 7 heavy (non-hydrogen) atoms. The van der Waals surface area contributed by atoms with E-state index < -0.39 is 0 Å². The van der Waals surface area contributed by atoms with E-state index in [4.69, 9.17) is 5.11 Å². The molecule has 0 amide bonds. The third kappa shape index (κ3) is 6.02. The van der Waals surface area contributed by atoms with E-state index in [0.29, 0.717) is 6.61 Å². The fourth-order valence-electron chi connectivity index (χ4n) is 0.539. The molecule has 0 aromatic heterocycles. The molecule has 0 spiro atoms. The summed E-state index contributed by atoms with van der Waals surface area (Å²) in [5.41, 5.74) is 0. The van der Waals surface area contributed by atoms with Gasteiger partial charge in [0.15, 0.2) is 0 Å². The van der Waals surface area contributed by atoms with Crippen LogP contribution in [-0.2, 0) is 0 Å². The standard InChI is InChI=1S/C5H13BO/c1-6-4-2-3-5-7/h6-7H,2-5H2,1H3. The van der Waals surface area contributed by atoms with Gasteiger partial charge in [-0.1, -0.05) is 19.6 Å². The second-order valence-corrected chi connectivity index (χ2v) is 1.78. The Kier molecular flexibility index (Phi) is 6.05. The van der Waals surface area contributed by atoms with Crippen LogP contribution in [0, 0.1) is 0 Å². The van der Waals surface area contributed by atoms with Gasteiger partial charge < -0.3 is 5.11 Å². The van der Waals surface area contributed by atoms with E-state index in [2.05, 4.69) is 6.82 Å². The maximum absolute atomic E-state index is 8.29. The van der Waals surface area contributed by atoms with Crippen LogP contribution < -0.4 is 0 Å². The third-order valence-corrected chi connectivity index (χ3v) is 1.01. The van der Waals surface area contributed by atoms with Crippen LogP contribution in [-0.4, -0.2) is 19.0 Å². The summed E-state index contributed by atoms with van der Waals surface area (Å²) in [7, 11) is 1.25. The van der Waals surface area contributed by atoms with E-state index in [1.54, 1.807) is 0 Å². The van der Waals surface area contributed by atoms with Crippen molar-refractivity contribution in [1.29, 1.82) is 0 Å². The topological polar surface area (TPSA) is 20.2 Å². The summed E-state index contributed by atoms with van der Waals surface area (Å²) in [5, 5.41) is 8.29. The SMILES string of the molecule is CBCCCCO. The summed E-state index contributed by atoms with van der Waals surface area (Å²) < 4.78 is 0. The average molecular weight is 100.0 g/mol. The highest BCUT2D eigenvalue weighted by Crippen LogP contribution is 1.91. The summed E-state index contributed by atoms with van der Waals surface area (Å²) in [6.45, 7) is 2.53. The number of hydrogen-bond donors (Lipinski definition) is 1. The van der Waals surface area contributed by atoms with Crippen LogP contribution in [0.2, 0.25) is 13.1 Å². The second-order valence-electron chi connectivity index (χ2n) is 1.78. The molecule has 0 aromatic carbocycles. The number of aliphatic hydroxyl groups excluding tert-OH is 1. The molecule has 2 heteroatoms. The molecule has 0 radical (unpaired) electrons. The van der Waals surface area contributed by atoms with Crippen molar-refractivity contribution in [2.24, 2.45) is 0 Å². The lowest BCUT2D eigenvalue weighted by atomic mass is 9.76. The van der Waals surface area contributed by atoms with Gasteiger partial charge in [-0.15, -0.1) is 0 Å². The van der Waals surface area contributed by atoms with Crippen molar-refractivity contribution in [1.82, 2.24) is 0 Å². The van der Waals surface area contributed by atoms with Crippen LogP contribution in [0.5, 0.6) is 0 Å². The van der Waals surface area contributed by atoms with Crippen molar-refractivity contribution in [3.63, 3.8) is 0 Å². The van der Waals surface area contributed by atoms with Crippen molar-refractivity contribution < 1.29 is 5.11 Å². The Labute approximate surface area is 46.0 Å². The zero-order valence-electron chi connectivity index (χ0n) is 4.98. The van der Waals surface area contributed by atoms with Gasteiger partial charge in [0.2, 0.25) is 0 Å². The van der Waals surface area contributed by atoms with Gasteiger partial charge >= 0.3 is 0 Å². The molecule has 0 saturated heterocycles. The average Bonchev–Trinajstić information content (AvgIpc) is 1.69. The Hall–Kier alpha value is 0.0249. The molecule has 0 aliphatic rings. The fourth-order valence-corrected chi connectivity index (χ4v) is 0.539. The number of unbranched alkanes of at least 4 members (excludes halogenated alkanes) is 1. The number of aliphatic hydroxyl groups is 1. The van der Waals surface area contributed by atoms with Crippen LogP contribution in [0.1, 0.15) is 12.8 Å². The smallest absolute Gasteiger partial charge is 0.117 e. The van der Waals surface area contributed by atoms with Gasteiger partial charge in [0.1, 0.15) is 7.28 Å². The lowest BCUT2D eigenvalue weighted by molar-refractivity contribution is 0.287. The molecule has 0 aliphatic carbocycles. The van der Waals surface area contributed by atoms with Gasteiger partial charge in [-0.05, 0) is 6.42 Å². The van der Waals surface area contributed by atoms with Gasteiger partial charge in [-0.25, -0.2) is 0 Å². The molecule has 1 nitrogen and oxygen atoms in total. The maximum Gasteiger partial charge on any atom is 0.117 e. The Morgan fingerprint density at radius 2 is 2.14 bits per heavy atom.